The quantitative estimate of drug-likeness (QED) is 0.399. The number of alkyl halides is 2. The molecule has 2 aromatic heterocycles. The maximum Gasteiger partial charge on any atom is 0.262 e. The first-order valence-corrected chi connectivity index (χ1v) is 10.6. The van der Waals surface area contributed by atoms with Crippen molar-refractivity contribution in [1.82, 2.24) is 20.0 Å². The van der Waals surface area contributed by atoms with E-state index in [-0.39, 0.29) is 5.69 Å². The molecule has 0 aliphatic carbocycles. The number of hydrogen-bond acceptors (Lipinski definition) is 4. The highest BCUT2D eigenvalue weighted by Crippen LogP contribution is 2.25. The lowest BCUT2D eigenvalue weighted by Gasteiger charge is -2.08. The second-order valence-electron chi connectivity index (χ2n) is 6.80. The Balaban J connectivity index is 1.59. The molecule has 0 unspecified atom stereocenters. The molecule has 0 radical (unpaired) electrons. The van der Waals surface area contributed by atoms with Gasteiger partial charge in [0.2, 0.25) is 0 Å². The Labute approximate surface area is 179 Å². The van der Waals surface area contributed by atoms with Crippen molar-refractivity contribution in [2.45, 2.75) is 17.9 Å². The van der Waals surface area contributed by atoms with Gasteiger partial charge in [0.1, 0.15) is 18.2 Å². The monoisotopic (exact) mass is 465 g/mol. The van der Waals surface area contributed by atoms with Gasteiger partial charge in [-0.3, -0.25) is 14.5 Å². The second-order valence-corrected chi connectivity index (χ2v) is 8.48. The number of aromatic nitrogens is 4. The van der Waals surface area contributed by atoms with Crippen LogP contribution in [-0.2, 0) is 16.6 Å². The highest BCUT2D eigenvalue weighted by molar-refractivity contribution is 7.92. The molecular weight excluding hydrogens is 450 g/mol. The zero-order valence-electron chi connectivity index (χ0n) is 16.1. The minimum Gasteiger partial charge on any atom is -0.280 e. The van der Waals surface area contributed by atoms with E-state index in [1.54, 1.807) is 18.2 Å². The fourth-order valence-electron chi connectivity index (χ4n) is 3.00. The van der Waals surface area contributed by atoms with Crippen molar-refractivity contribution >= 4 is 38.8 Å². The van der Waals surface area contributed by atoms with E-state index in [9.17, 15) is 26.0 Å². The Morgan fingerprint density at radius 1 is 1.09 bits per heavy atom. The summed E-state index contributed by atoms with van der Waals surface area (Å²) < 4.78 is 80.1. The minimum atomic E-state index is -4.24. The van der Waals surface area contributed by atoms with Gasteiger partial charge in [0.15, 0.2) is 0 Å². The molecule has 7 nitrogen and oxygen atoms in total. The Morgan fingerprint density at radius 2 is 1.84 bits per heavy atom. The van der Waals surface area contributed by atoms with Crippen LogP contribution in [0.25, 0.3) is 23.1 Å². The first-order valence-electron chi connectivity index (χ1n) is 9.15. The number of sulfonamides is 1. The van der Waals surface area contributed by atoms with Crippen LogP contribution in [-0.4, -0.2) is 34.8 Å². The zero-order valence-corrected chi connectivity index (χ0v) is 17.0. The summed E-state index contributed by atoms with van der Waals surface area (Å²) in [5.41, 5.74) is 1.80. The van der Waals surface area contributed by atoms with Crippen molar-refractivity contribution < 1.29 is 26.0 Å². The number of anilines is 1. The summed E-state index contributed by atoms with van der Waals surface area (Å²) in [6.07, 6.45) is 3.59. The van der Waals surface area contributed by atoms with Crippen molar-refractivity contribution in [3.63, 3.8) is 0 Å². The molecule has 32 heavy (non-hydrogen) atoms. The van der Waals surface area contributed by atoms with Gasteiger partial charge in [-0.25, -0.2) is 26.0 Å². The lowest BCUT2D eigenvalue weighted by molar-refractivity contribution is 0.122. The molecule has 166 valence electrons. The third-order valence-electron chi connectivity index (χ3n) is 4.40. The van der Waals surface area contributed by atoms with E-state index < -0.39 is 39.5 Å². The van der Waals surface area contributed by atoms with Gasteiger partial charge in [-0.1, -0.05) is 0 Å². The highest BCUT2D eigenvalue weighted by atomic mass is 32.2. The first-order chi connectivity index (χ1) is 15.2. The minimum absolute atomic E-state index is 0.156. The summed E-state index contributed by atoms with van der Waals surface area (Å²) in [7, 11) is -4.24. The van der Waals surface area contributed by atoms with Crippen LogP contribution >= 0.6 is 0 Å². The summed E-state index contributed by atoms with van der Waals surface area (Å²) in [5.74, 6) is -2.03. The molecule has 12 heteroatoms. The SMILES string of the molecule is O=S(=O)(Nc1ccc2[nH]nc(/C=C/c3cnn(CC(F)F)c3)c2c1)c1cc(F)cc(F)c1. The van der Waals surface area contributed by atoms with Crippen LogP contribution in [0.1, 0.15) is 11.3 Å². The molecule has 0 saturated carbocycles. The molecule has 0 atom stereocenters. The van der Waals surface area contributed by atoms with Crippen molar-refractivity contribution in [2.24, 2.45) is 0 Å². The van der Waals surface area contributed by atoms with Gasteiger partial charge in [-0.05, 0) is 42.5 Å². The summed E-state index contributed by atoms with van der Waals surface area (Å²) in [4.78, 5) is -0.553. The lowest BCUT2D eigenvalue weighted by Crippen LogP contribution is -2.13. The highest BCUT2D eigenvalue weighted by Gasteiger charge is 2.17. The summed E-state index contributed by atoms with van der Waals surface area (Å²) in [6.45, 7) is -0.516. The van der Waals surface area contributed by atoms with Crippen LogP contribution in [0.5, 0.6) is 0 Å². The van der Waals surface area contributed by atoms with Gasteiger partial charge in [0.25, 0.3) is 16.4 Å². The molecular formula is C20H15F4N5O2S. The van der Waals surface area contributed by atoms with Crippen molar-refractivity contribution in [3.05, 3.63) is 71.7 Å². The van der Waals surface area contributed by atoms with Gasteiger partial charge in [-0.15, -0.1) is 0 Å². The largest absolute Gasteiger partial charge is 0.280 e. The van der Waals surface area contributed by atoms with Crippen molar-refractivity contribution in [2.75, 3.05) is 4.72 Å². The second kappa shape index (κ2) is 8.46. The van der Waals surface area contributed by atoms with Crippen LogP contribution in [0, 0.1) is 11.6 Å². The zero-order chi connectivity index (χ0) is 22.9. The maximum atomic E-state index is 13.4. The number of aromatic amines is 1. The van der Waals surface area contributed by atoms with E-state index in [4.69, 9.17) is 0 Å². The number of rotatable bonds is 7. The summed E-state index contributed by atoms with van der Waals surface area (Å²) in [6, 6.07) is 6.56. The molecule has 2 aromatic carbocycles. The Kier molecular flexibility index (Phi) is 5.70. The van der Waals surface area contributed by atoms with E-state index in [0.717, 1.165) is 4.68 Å². The predicted octanol–water partition coefficient (Wildman–Crippen LogP) is 4.27. The topological polar surface area (TPSA) is 92.7 Å². The first kappa shape index (κ1) is 21.6. The van der Waals surface area contributed by atoms with Crippen molar-refractivity contribution in [3.8, 4) is 0 Å². The molecule has 0 bridgehead atoms. The molecule has 0 saturated heterocycles. The van der Waals surface area contributed by atoms with E-state index in [2.05, 4.69) is 20.0 Å². The van der Waals surface area contributed by atoms with Gasteiger partial charge in [-0.2, -0.15) is 10.2 Å². The summed E-state index contributed by atoms with van der Waals surface area (Å²) >= 11 is 0. The number of hydrogen-bond donors (Lipinski definition) is 2. The number of nitrogens with one attached hydrogen (secondary N) is 2. The molecule has 4 aromatic rings. The Morgan fingerprint density at radius 3 is 2.56 bits per heavy atom. The lowest BCUT2D eigenvalue weighted by atomic mass is 10.1. The van der Waals surface area contributed by atoms with E-state index in [1.165, 1.54) is 24.5 Å². The van der Waals surface area contributed by atoms with Crippen LogP contribution in [0.15, 0.2) is 53.7 Å². The molecule has 0 spiro atoms. The Bertz CT molecular complexity index is 1390. The van der Waals surface area contributed by atoms with Crippen molar-refractivity contribution in [1.29, 1.82) is 0 Å². The number of H-pyrrole nitrogens is 1. The maximum absolute atomic E-state index is 13.4. The molecule has 0 amide bonds. The number of nitrogens with zero attached hydrogens (tertiary/aromatic N) is 3. The number of fused-ring (bicyclic) bond motifs is 1. The van der Waals surface area contributed by atoms with Gasteiger partial charge in [0, 0.05) is 28.9 Å². The van der Waals surface area contributed by atoms with E-state index in [1.807, 2.05) is 0 Å². The Hall–Kier alpha value is -3.67. The van der Waals surface area contributed by atoms with E-state index >= 15 is 0 Å². The van der Waals surface area contributed by atoms with Gasteiger partial charge < -0.3 is 0 Å². The normalized spacial score (nSPS) is 12.3. The fraction of sp³-hybridized carbons (Fsp3) is 0.100. The van der Waals surface area contributed by atoms with Crippen LogP contribution in [0.3, 0.4) is 0 Å². The third kappa shape index (κ3) is 4.80. The predicted molar refractivity (Wildman–Crippen MR) is 110 cm³/mol. The standard InChI is InChI=1S/C20H15F4N5O2S/c21-13-5-14(22)7-16(6-13)32(30,31)28-15-2-4-19-17(8-15)18(26-27-19)3-1-12-9-25-29(10-12)11-20(23)24/h1-10,20,28H,11H2,(H,26,27)/b3-1+. The van der Waals surface area contributed by atoms with Crippen LogP contribution in [0.4, 0.5) is 23.2 Å². The molecule has 0 aliphatic heterocycles. The molecule has 0 aliphatic rings. The molecule has 2 N–H and O–H groups in total. The van der Waals surface area contributed by atoms with Gasteiger partial charge in [0.05, 0.1) is 22.3 Å². The van der Waals surface area contributed by atoms with Crippen LogP contribution < -0.4 is 4.72 Å². The van der Waals surface area contributed by atoms with Crippen LogP contribution in [0.2, 0.25) is 0 Å². The van der Waals surface area contributed by atoms with E-state index in [0.29, 0.717) is 40.4 Å². The average Bonchev–Trinajstić information content (AvgIpc) is 3.31. The number of halogens is 4. The molecule has 4 rings (SSSR count). The molecule has 0 fully saturated rings. The average molecular weight is 465 g/mol. The third-order valence-corrected chi connectivity index (χ3v) is 5.76. The smallest absolute Gasteiger partial charge is 0.262 e. The fourth-order valence-corrected chi connectivity index (χ4v) is 4.10. The molecule has 2 heterocycles. The van der Waals surface area contributed by atoms with Gasteiger partial charge >= 0.3 is 0 Å². The summed E-state index contributed by atoms with van der Waals surface area (Å²) in [5, 5.41) is 11.3. The number of benzene rings is 2.